The monoisotopic (exact) mass is 288 g/mol. The maximum Gasteiger partial charge on any atom is 0.0730 e. The molecule has 3 nitrogen and oxygen atoms in total. The molecule has 1 heterocycles. The van der Waals surface area contributed by atoms with Crippen molar-refractivity contribution in [2.24, 2.45) is 0 Å². The summed E-state index contributed by atoms with van der Waals surface area (Å²) < 4.78 is 0. The van der Waals surface area contributed by atoms with Crippen LogP contribution >= 0.6 is 0 Å². The maximum absolute atomic E-state index is 10.4. The number of nitrogens with one attached hydrogen (secondary N) is 1. The topological polar surface area (TPSA) is 35.5 Å². The quantitative estimate of drug-likeness (QED) is 0.842. The van der Waals surface area contributed by atoms with Gasteiger partial charge in [-0.3, -0.25) is 4.90 Å². The number of aliphatic hydroxyl groups excluding tert-OH is 1. The Bertz CT molecular complexity index is 446. The molecule has 1 saturated carbocycles. The minimum Gasteiger partial charge on any atom is -0.391 e. The van der Waals surface area contributed by atoms with Crippen molar-refractivity contribution in [1.29, 1.82) is 0 Å². The van der Waals surface area contributed by atoms with Gasteiger partial charge in [0, 0.05) is 30.7 Å². The van der Waals surface area contributed by atoms with Crippen molar-refractivity contribution in [1.82, 2.24) is 10.2 Å². The van der Waals surface area contributed by atoms with E-state index in [1.165, 1.54) is 24.8 Å². The molecule has 0 amide bonds. The third kappa shape index (κ3) is 3.85. The van der Waals surface area contributed by atoms with Gasteiger partial charge in [0.1, 0.15) is 0 Å². The van der Waals surface area contributed by atoms with Gasteiger partial charge in [0.2, 0.25) is 0 Å². The summed E-state index contributed by atoms with van der Waals surface area (Å²) in [6.45, 7) is 5.59. The van der Waals surface area contributed by atoms with Crippen molar-refractivity contribution in [2.45, 2.75) is 69.8 Å². The number of aliphatic hydroxyl groups is 1. The van der Waals surface area contributed by atoms with Gasteiger partial charge in [0.05, 0.1) is 6.10 Å². The molecule has 0 bridgehead atoms. The molecule has 1 saturated heterocycles. The minimum atomic E-state index is -0.322. The first-order valence-corrected chi connectivity index (χ1v) is 8.37. The minimum absolute atomic E-state index is 0.140. The summed E-state index contributed by atoms with van der Waals surface area (Å²) >= 11 is 0. The van der Waals surface area contributed by atoms with Crippen molar-refractivity contribution in [3.8, 4) is 0 Å². The van der Waals surface area contributed by atoms with E-state index < -0.39 is 0 Å². The molecular weight excluding hydrogens is 260 g/mol. The molecule has 2 N–H and O–H groups in total. The molecule has 4 unspecified atom stereocenters. The Labute approximate surface area is 128 Å². The van der Waals surface area contributed by atoms with Crippen LogP contribution < -0.4 is 5.32 Å². The lowest BCUT2D eigenvalue weighted by Gasteiger charge is -2.24. The molecular formula is C18H28N2O. The van der Waals surface area contributed by atoms with E-state index in [0.717, 1.165) is 19.0 Å². The molecule has 1 aromatic carbocycles. The van der Waals surface area contributed by atoms with E-state index >= 15 is 0 Å². The Morgan fingerprint density at radius 2 is 2.00 bits per heavy atom. The van der Waals surface area contributed by atoms with Crippen molar-refractivity contribution in [3.63, 3.8) is 0 Å². The summed E-state index contributed by atoms with van der Waals surface area (Å²) in [5, 5.41) is 14.1. The average molecular weight is 288 g/mol. The molecule has 3 rings (SSSR count). The van der Waals surface area contributed by atoms with Crippen LogP contribution in [0.25, 0.3) is 0 Å². The summed E-state index contributed by atoms with van der Waals surface area (Å²) in [6.07, 6.45) is 4.37. The van der Waals surface area contributed by atoms with E-state index in [-0.39, 0.29) is 12.1 Å². The fraction of sp³-hybridized carbons (Fsp3) is 0.667. The SMILES string of the molecule is CC(NC1CC(C)N(C2CC2)C1)C(O)Cc1ccccc1. The van der Waals surface area contributed by atoms with Gasteiger partial charge in [0.25, 0.3) is 0 Å². The Hall–Kier alpha value is -0.900. The third-order valence-electron chi connectivity index (χ3n) is 5.00. The van der Waals surface area contributed by atoms with E-state index in [2.05, 4.69) is 36.2 Å². The van der Waals surface area contributed by atoms with E-state index in [9.17, 15) is 5.11 Å². The standard InChI is InChI=1S/C18H28N2O/c1-13-10-16(12-20(13)17-8-9-17)19-14(2)18(21)11-15-6-4-3-5-7-15/h3-7,13-14,16-19,21H,8-12H2,1-2H3. The Kier molecular flexibility index (Phi) is 4.63. The van der Waals surface area contributed by atoms with Gasteiger partial charge in [-0.1, -0.05) is 30.3 Å². The largest absolute Gasteiger partial charge is 0.391 e. The van der Waals surface area contributed by atoms with Crippen LogP contribution in [-0.4, -0.2) is 46.8 Å². The lowest BCUT2D eigenvalue weighted by Crippen LogP contribution is -2.45. The summed E-state index contributed by atoms with van der Waals surface area (Å²) in [7, 11) is 0. The highest BCUT2D eigenvalue weighted by Crippen LogP contribution is 2.33. The molecule has 1 aromatic rings. The van der Waals surface area contributed by atoms with Crippen LogP contribution in [0.1, 0.15) is 38.7 Å². The van der Waals surface area contributed by atoms with Crippen LogP contribution in [0.15, 0.2) is 30.3 Å². The Morgan fingerprint density at radius 3 is 2.67 bits per heavy atom. The first-order valence-electron chi connectivity index (χ1n) is 8.37. The van der Waals surface area contributed by atoms with Crippen LogP contribution in [0.5, 0.6) is 0 Å². The molecule has 0 spiro atoms. The molecule has 2 fully saturated rings. The molecule has 116 valence electrons. The lowest BCUT2D eigenvalue weighted by molar-refractivity contribution is 0.128. The van der Waals surface area contributed by atoms with E-state index in [0.29, 0.717) is 12.1 Å². The maximum atomic E-state index is 10.4. The van der Waals surface area contributed by atoms with Gasteiger partial charge in [-0.05, 0) is 45.1 Å². The van der Waals surface area contributed by atoms with Crippen molar-refractivity contribution in [3.05, 3.63) is 35.9 Å². The first-order chi connectivity index (χ1) is 10.1. The number of likely N-dealkylation sites (tertiary alicyclic amines) is 1. The molecule has 0 radical (unpaired) electrons. The van der Waals surface area contributed by atoms with E-state index in [1.54, 1.807) is 0 Å². The van der Waals surface area contributed by atoms with Gasteiger partial charge in [-0.2, -0.15) is 0 Å². The van der Waals surface area contributed by atoms with Gasteiger partial charge in [-0.15, -0.1) is 0 Å². The summed E-state index contributed by atoms with van der Waals surface area (Å²) in [6, 6.07) is 12.5. The second kappa shape index (κ2) is 6.47. The summed E-state index contributed by atoms with van der Waals surface area (Å²) in [5.74, 6) is 0. The molecule has 1 aliphatic heterocycles. The van der Waals surface area contributed by atoms with Crippen LogP contribution in [0.3, 0.4) is 0 Å². The highest BCUT2D eigenvalue weighted by atomic mass is 16.3. The highest BCUT2D eigenvalue weighted by molar-refractivity contribution is 5.15. The fourth-order valence-electron chi connectivity index (χ4n) is 3.61. The normalized spacial score (nSPS) is 29.5. The van der Waals surface area contributed by atoms with Crippen LogP contribution in [0, 0.1) is 0 Å². The smallest absolute Gasteiger partial charge is 0.0730 e. The van der Waals surface area contributed by atoms with Crippen LogP contribution in [0.4, 0.5) is 0 Å². The predicted octanol–water partition coefficient (Wildman–Crippen LogP) is 2.19. The summed E-state index contributed by atoms with van der Waals surface area (Å²) in [5.41, 5.74) is 1.21. The van der Waals surface area contributed by atoms with Crippen molar-refractivity contribution in [2.75, 3.05) is 6.54 Å². The van der Waals surface area contributed by atoms with Gasteiger partial charge >= 0.3 is 0 Å². The number of nitrogens with zero attached hydrogens (tertiary/aromatic N) is 1. The number of hydrogen-bond acceptors (Lipinski definition) is 3. The number of rotatable bonds is 6. The van der Waals surface area contributed by atoms with Crippen molar-refractivity contribution < 1.29 is 5.11 Å². The molecule has 2 aliphatic rings. The molecule has 3 heteroatoms. The van der Waals surface area contributed by atoms with Gasteiger partial charge in [-0.25, -0.2) is 0 Å². The van der Waals surface area contributed by atoms with E-state index in [4.69, 9.17) is 0 Å². The molecule has 21 heavy (non-hydrogen) atoms. The predicted molar refractivity (Wildman–Crippen MR) is 86.3 cm³/mol. The molecule has 1 aliphatic carbocycles. The van der Waals surface area contributed by atoms with E-state index in [1.807, 2.05) is 18.2 Å². The van der Waals surface area contributed by atoms with Gasteiger partial charge < -0.3 is 10.4 Å². The highest BCUT2D eigenvalue weighted by Gasteiger charge is 2.39. The first kappa shape index (κ1) is 15.0. The molecule has 4 atom stereocenters. The zero-order valence-corrected chi connectivity index (χ0v) is 13.2. The molecule has 0 aromatic heterocycles. The van der Waals surface area contributed by atoms with Crippen LogP contribution in [-0.2, 0) is 6.42 Å². The Balaban J connectivity index is 1.48. The summed E-state index contributed by atoms with van der Waals surface area (Å²) in [4.78, 5) is 2.65. The number of benzene rings is 1. The van der Waals surface area contributed by atoms with Crippen LogP contribution in [0.2, 0.25) is 0 Å². The number of hydrogen-bond donors (Lipinski definition) is 2. The fourth-order valence-corrected chi connectivity index (χ4v) is 3.61. The zero-order chi connectivity index (χ0) is 14.8. The third-order valence-corrected chi connectivity index (χ3v) is 5.00. The average Bonchev–Trinajstić information content (AvgIpc) is 3.24. The van der Waals surface area contributed by atoms with Crippen molar-refractivity contribution >= 4 is 0 Å². The second-order valence-corrected chi connectivity index (χ2v) is 6.92. The lowest BCUT2D eigenvalue weighted by atomic mass is 10.0. The second-order valence-electron chi connectivity index (χ2n) is 6.92. The zero-order valence-electron chi connectivity index (χ0n) is 13.2. The van der Waals surface area contributed by atoms with Gasteiger partial charge in [0.15, 0.2) is 0 Å². The Morgan fingerprint density at radius 1 is 1.29 bits per heavy atom.